The first-order valence-corrected chi connectivity index (χ1v) is 9.51. The molecule has 0 unspecified atom stereocenters. The topological polar surface area (TPSA) is 90.8 Å². The number of nitrogens with zero attached hydrogens (tertiary/aromatic N) is 1. The van der Waals surface area contributed by atoms with Gasteiger partial charge in [-0.05, 0) is 41.8 Å². The molecule has 0 radical (unpaired) electrons. The van der Waals surface area contributed by atoms with E-state index in [2.05, 4.69) is 4.98 Å². The Kier molecular flexibility index (Phi) is 4.88. The zero-order valence-corrected chi connectivity index (χ0v) is 15.4. The Bertz CT molecular complexity index is 1260. The van der Waals surface area contributed by atoms with E-state index in [4.69, 9.17) is 23.2 Å². The van der Waals surface area contributed by atoms with Crippen molar-refractivity contribution in [2.45, 2.75) is 4.90 Å². The highest BCUT2D eigenvalue weighted by Gasteiger charge is 2.24. The number of fused-ring (bicyclic) bond motifs is 1. The maximum atomic E-state index is 12.8. The first-order valence-electron chi connectivity index (χ1n) is 7.27. The number of nitrogens with one attached hydrogen (secondary N) is 1. The summed E-state index contributed by atoms with van der Waals surface area (Å²) in [5.74, 6) is 0. The zero-order chi connectivity index (χ0) is 18.9. The van der Waals surface area contributed by atoms with Crippen LogP contribution >= 0.6 is 23.2 Å². The minimum atomic E-state index is -4.24. The fraction of sp³-hybridized carbons (Fsp3) is 0. The maximum absolute atomic E-state index is 12.8. The Labute approximate surface area is 159 Å². The summed E-state index contributed by atoms with van der Waals surface area (Å²) in [7, 11) is -4.24. The number of rotatable bonds is 3. The molecular weight excluding hydrogens is 395 g/mol. The molecule has 1 aromatic heterocycles. The van der Waals surface area contributed by atoms with E-state index in [1.54, 1.807) is 30.3 Å². The first kappa shape index (κ1) is 18.2. The molecular formula is C18H10Cl2N2O3S. The maximum Gasteiger partial charge on any atom is 0.255 e. The largest absolute Gasteiger partial charge is 0.321 e. The van der Waals surface area contributed by atoms with Gasteiger partial charge in [0.2, 0.25) is 9.84 Å². The van der Waals surface area contributed by atoms with Gasteiger partial charge in [0.1, 0.15) is 11.0 Å². The molecule has 0 amide bonds. The molecule has 0 spiro atoms. The summed E-state index contributed by atoms with van der Waals surface area (Å²) in [4.78, 5) is 14.0. The molecule has 1 heterocycles. The highest BCUT2D eigenvalue weighted by atomic mass is 35.5. The van der Waals surface area contributed by atoms with E-state index in [1.807, 2.05) is 0 Å². The van der Waals surface area contributed by atoms with Crippen molar-refractivity contribution in [3.63, 3.8) is 0 Å². The fourth-order valence-electron chi connectivity index (χ4n) is 2.38. The number of para-hydroxylation sites is 1. The average molecular weight is 405 g/mol. The number of allylic oxidation sites excluding steroid dienone is 1. The highest BCUT2D eigenvalue weighted by molar-refractivity contribution is 7.95. The van der Waals surface area contributed by atoms with Crippen molar-refractivity contribution in [3.8, 4) is 6.07 Å². The van der Waals surface area contributed by atoms with Crippen molar-refractivity contribution in [1.82, 2.24) is 4.98 Å². The van der Waals surface area contributed by atoms with Gasteiger partial charge in [-0.15, -0.1) is 0 Å². The zero-order valence-electron chi connectivity index (χ0n) is 13.0. The molecule has 130 valence electrons. The van der Waals surface area contributed by atoms with Crippen LogP contribution < -0.4 is 5.56 Å². The molecule has 0 saturated heterocycles. The minimum absolute atomic E-state index is 0.0435. The molecule has 8 heteroatoms. The molecule has 1 N–H and O–H groups in total. The molecule has 2 aromatic carbocycles. The number of benzene rings is 2. The van der Waals surface area contributed by atoms with E-state index in [1.165, 1.54) is 18.2 Å². The number of hydrogen-bond donors (Lipinski definition) is 1. The van der Waals surface area contributed by atoms with Gasteiger partial charge < -0.3 is 4.98 Å². The van der Waals surface area contributed by atoms with Gasteiger partial charge in [-0.3, -0.25) is 4.79 Å². The second kappa shape index (κ2) is 6.96. The Morgan fingerprint density at radius 2 is 1.85 bits per heavy atom. The van der Waals surface area contributed by atoms with Gasteiger partial charge in [0.05, 0.1) is 9.92 Å². The molecule has 3 aromatic rings. The van der Waals surface area contributed by atoms with Crippen molar-refractivity contribution in [1.29, 1.82) is 5.26 Å². The van der Waals surface area contributed by atoms with E-state index >= 15 is 0 Å². The van der Waals surface area contributed by atoms with Gasteiger partial charge in [-0.25, -0.2) is 8.42 Å². The van der Waals surface area contributed by atoms with Crippen molar-refractivity contribution in [2.24, 2.45) is 0 Å². The Balaban J connectivity index is 2.20. The number of aromatic amines is 1. The lowest BCUT2D eigenvalue weighted by atomic mass is 10.1. The number of hydrogen-bond acceptors (Lipinski definition) is 4. The second-order valence-corrected chi connectivity index (χ2v) is 8.07. The molecule has 0 saturated carbocycles. The van der Waals surface area contributed by atoms with Crippen LogP contribution in [0.15, 0.2) is 63.1 Å². The van der Waals surface area contributed by atoms with Crippen LogP contribution in [0.25, 0.3) is 17.0 Å². The molecule has 3 rings (SSSR count). The smallest absolute Gasteiger partial charge is 0.255 e. The lowest BCUT2D eigenvalue weighted by Gasteiger charge is -2.06. The number of sulfone groups is 1. The van der Waals surface area contributed by atoms with E-state index in [-0.39, 0.29) is 20.5 Å². The predicted molar refractivity (Wildman–Crippen MR) is 102 cm³/mol. The van der Waals surface area contributed by atoms with E-state index in [0.29, 0.717) is 10.9 Å². The molecule has 0 aliphatic rings. The van der Waals surface area contributed by atoms with E-state index in [9.17, 15) is 18.5 Å². The van der Waals surface area contributed by atoms with Crippen LogP contribution in [0.4, 0.5) is 0 Å². The summed E-state index contributed by atoms with van der Waals surface area (Å²) < 4.78 is 25.5. The quantitative estimate of drug-likeness (QED) is 0.662. The number of pyridine rings is 1. The summed E-state index contributed by atoms with van der Waals surface area (Å²) in [6.45, 7) is 0. The van der Waals surface area contributed by atoms with Gasteiger partial charge in [0.25, 0.3) is 5.56 Å². The van der Waals surface area contributed by atoms with Crippen molar-refractivity contribution in [2.75, 3.05) is 0 Å². The number of aromatic nitrogens is 1. The predicted octanol–water partition coefficient (Wildman–Crippen LogP) is 4.17. The third-order valence-electron chi connectivity index (χ3n) is 3.65. The minimum Gasteiger partial charge on any atom is -0.321 e. The standard InChI is InChI=1S/C18H10Cl2N2O3S/c19-13-5-6-15(20)17(9-13)26(24,25)14(10-21)8-12-7-11-3-1-2-4-16(11)22-18(12)23/h1-9H,(H,22,23)/b14-8+. The van der Waals surface area contributed by atoms with Crippen molar-refractivity contribution >= 4 is 50.0 Å². The monoisotopic (exact) mass is 404 g/mol. The van der Waals surface area contributed by atoms with Crippen LogP contribution in [-0.2, 0) is 9.84 Å². The Morgan fingerprint density at radius 1 is 1.12 bits per heavy atom. The molecule has 26 heavy (non-hydrogen) atoms. The van der Waals surface area contributed by atoms with E-state index < -0.39 is 20.3 Å². The van der Waals surface area contributed by atoms with Crippen LogP contribution in [0.2, 0.25) is 10.0 Å². The third-order valence-corrected chi connectivity index (χ3v) is 6.03. The molecule has 5 nitrogen and oxygen atoms in total. The molecule has 0 fully saturated rings. The summed E-state index contributed by atoms with van der Waals surface area (Å²) in [6, 6.07) is 14.1. The van der Waals surface area contributed by atoms with Crippen LogP contribution in [0.5, 0.6) is 0 Å². The Hall–Kier alpha value is -2.59. The number of nitriles is 1. The third kappa shape index (κ3) is 3.37. The summed E-state index contributed by atoms with van der Waals surface area (Å²) in [5.41, 5.74) is 0.139. The molecule has 0 aliphatic heterocycles. The van der Waals surface area contributed by atoms with Gasteiger partial charge in [-0.2, -0.15) is 5.26 Å². The summed E-state index contributed by atoms with van der Waals surface area (Å²) >= 11 is 11.8. The average Bonchev–Trinajstić information content (AvgIpc) is 2.61. The van der Waals surface area contributed by atoms with Crippen LogP contribution in [-0.4, -0.2) is 13.4 Å². The van der Waals surface area contributed by atoms with Gasteiger partial charge in [0.15, 0.2) is 0 Å². The lowest BCUT2D eigenvalue weighted by molar-refractivity contribution is 0.603. The van der Waals surface area contributed by atoms with Crippen LogP contribution in [0, 0.1) is 11.3 Å². The number of H-pyrrole nitrogens is 1. The second-order valence-electron chi connectivity index (χ2n) is 5.34. The lowest BCUT2D eigenvalue weighted by Crippen LogP contribution is -2.11. The molecule has 0 atom stereocenters. The molecule has 0 aliphatic carbocycles. The summed E-state index contributed by atoms with van der Waals surface area (Å²) in [6.07, 6.45) is 1.03. The highest BCUT2D eigenvalue weighted by Crippen LogP contribution is 2.30. The normalized spacial score (nSPS) is 12.1. The number of halogens is 2. The fourth-order valence-corrected chi connectivity index (χ4v) is 4.29. The van der Waals surface area contributed by atoms with Gasteiger partial charge in [0, 0.05) is 16.1 Å². The van der Waals surface area contributed by atoms with Crippen LogP contribution in [0.1, 0.15) is 5.56 Å². The van der Waals surface area contributed by atoms with Gasteiger partial charge in [-0.1, -0.05) is 41.4 Å². The Morgan fingerprint density at radius 3 is 2.58 bits per heavy atom. The molecule has 0 bridgehead atoms. The first-order chi connectivity index (χ1) is 12.3. The van der Waals surface area contributed by atoms with Crippen molar-refractivity contribution < 1.29 is 8.42 Å². The van der Waals surface area contributed by atoms with Crippen LogP contribution in [0.3, 0.4) is 0 Å². The van der Waals surface area contributed by atoms with E-state index in [0.717, 1.165) is 12.1 Å². The SMILES string of the molecule is N#C/C(=C\c1cc2ccccc2[nH]c1=O)S(=O)(=O)c1cc(Cl)ccc1Cl. The van der Waals surface area contributed by atoms with Crippen molar-refractivity contribution in [3.05, 3.63) is 79.4 Å². The summed E-state index contributed by atoms with van der Waals surface area (Å²) in [5, 5.41) is 10.2. The van der Waals surface area contributed by atoms with Gasteiger partial charge >= 0.3 is 0 Å².